The van der Waals surface area contributed by atoms with Crippen molar-refractivity contribution < 1.29 is 14.3 Å². The first-order valence-corrected chi connectivity index (χ1v) is 7.25. The van der Waals surface area contributed by atoms with Crippen molar-refractivity contribution >= 4 is 27.5 Å². The summed E-state index contributed by atoms with van der Waals surface area (Å²) in [5.74, 6) is 0.919. The van der Waals surface area contributed by atoms with Gasteiger partial charge in [0.2, 0.25) is 0 Å². The number of halogens is 1. The average molecular weight is 350 g/mol. The Morgan fingerprint density at radius 2 is 1.71 bits per heavy atom. The van der Waals surface area contributed by atoms with E-state index in [9.17, 15) is 4.79 Å². The molecule has 2 rings (SSSR count). The van der Waals surface area contributed by atoms with E-state index in [1.54, 1.807) is 26.2 Å². The van der Waals surface area contributed by atoms with E-state index in [0.29, 0.717) is 11.5 Å². The van der Waals surface area contributed by atoms with Gasteiger partial charge in [-0.25, -0.2) is 0 Å². The molecule has 21 heavy (non-hydrogen) atoms. The van der Waals surface area contributed by atoms with E-state index >= 15 is 0 Å². The molecule has 0 aromatic heterocycles. The Hall–Kier alpha value is -2.01. The van der Waals surface area contributed by atoms with Crippen molar-refractivity contribution in [3.63, 3.8) is 0 Å². The summed E-state index contributed by atoms with van der Waals surface area (Å²) in [4.78, 5) is 12.1. The van der Waals surface area contributed by atoms with E-state index in [4.69, 9.17) is 9.47 Å². The fourth-order valence-electron chi connectivity index (χ4n) is 1.74. The number of para-hydroxylation sites is 2. The molecule has 1 atom stereocenters. The number of benzene rings is 2. The highest BCUT2D eigenvalue weighted by Gasteiger charge is 2.16. The van der Waals surface area contributed by atoms with Gasteiger partial charge in [0, 0.05) is 10.2 Å². The van der Waals surface area contributed by atoms with Gasteiger partial charge >= 0.3 is 0 Å². The fourth-order valence-corrected chi connectivity index (χ4v) is 2.00. The van der Waals surface area contributed by atoms with Crippen LogP contribution >= 0.6 is 15.9 Å². The average Bonchev–Trinajstić information content (AvgIpc) is 2.50. The van der Waals surface area contributed by atoms with Crippen LogP contribution in [0.15, 0.2) is 53.0 Å². The van der Waals surface area contributed by atoms with E-state index in [-0.39, 0.29) is 5.91 Å². The summed E-state index contributed by atoms with van der Waals surface area (Å²) in [6.45, 7) is 1.70. The Bertz CT molecular complexity index is 613. The van der Waals surface area contributed by atoms with Crippen molar-refractivity contribution in [3.05, 3.63) is 53.0 Å². The molecule has 0 saturated carbocycles. The monoisotopic (exact) mass is 349 g/mol. The van der Waals surface area contributed by atoms with Crippen molar-refractivity contribution in [1.82, 2.24) is 0 Å². The molecular weight excluding hydrogens is 334 g/mol. The zero-order chi connectivity index (χ0) is 15.2. The molecule has 1 amide bonds. The molecule has 110 valence electrons. The maximum atomic E-state index is 12.1. The van der Waals surface area contributed by atoms with Crippen LogP contribution in [0.4, 0.5) is 5.69 Å². The van der Waals surface area contributed by atoms with Gasteiger partial charge in [-0.3, -0.25) is 4.79 Å². The van der Waals surface area contributed by atoms with Crippen molar-refractivity contribution in [2.75, 3.05) is 12.4 Å². The Labute approximate surface area is 132 Å². The first kappa shape index (κ1) is 15.4. The summed E-state index contributed by atoms with van der Waals surface area (Å²) in [7, 11) is 1.56. The fraction of sp³-hybridized carbons (Fsp3) is 0.188. The summed E-state index contributed by atoms with van der Waals surface area (Å²) in [6.07, 6.45) is -0.634. The molecule has 0 aliphatic carbocycles. The summed E-state index contributed by atoms with van der Waals surface area (Å²) in [5, 5.41) is 2.80. The second-order valence-corrected chi connectivity index (χ2v) is 5.32. The number of anilines is 1. The second-order valence-electron chi connectivity index (χ2n) is 4.41. The molecule has 0 spiro atoms. The van der Waals surface area contributed by atoms with Gasteiger partial charge in [0.15, 0.2) is 17.6 Å². The SMILES string of the molecule is COc1ccccc1O[C@@H](C)C(=O)Nc1ccc(Br)cc1. The molecule has 1 N–H and O–H groups in total. The van der Waals surface area contributed by atoms with Gasteiger partial charge < -0.3 is 14.8 Å². The molecule has 0 bridgehead atoms. The number of amides is 1. The van der Waals surface area contributed by atoms with Crippen LogP contribution < -0.4 is 14.8 Å². The zero-order valence-electron chi connectivity index (χ0n) is 11.8. The lowest BCUT2D eigenvalue weighted by molar-refractivity contribution is -0.122. The number of nitrogens with one attached hydrogen (secondary N) is 1. The van der Waals surface area contributed by atoms with E-state index in [1.807, 2.05) is 36.4 Å². The third kappa shape index (κ3) is 4.23. The van der Waals surface area contributed by atoms with Crippen molar-refractivity contribution in [3.8, 4) is 11.5 Å². The quantitative estimate of drug-likeness (QED) is 0.891. The smallest absolute Gasteiger partial charge is 0.265 e. The first-order valence-electron chi connectivity index (χ1n) is 6.46. The highest BCUT2D eigenvalue weighted by Crippen LogP contribution is 2.27. The van der Waals surface area contributed by atoms with Gasteiger partial charge in [-0.05, 0) is 43.3 Å². The van der Waals surface area contributed by atoms with Crippen LogP contribution in [0.3, 0.4) is 0 Å². The number of carbonyl (C=O) groups is 1. The van der Waals surface area contributed by atoms with Gasteiger partial charge in [-0.2, -0.15) is 0 Å². The van der Waals surface area contributed by atoms with Crippen LogP contribution in [0.25, 0.3) is 0 Å². The molecule has 0 saturated heterocycles. The van der Waals surface area contributed by atoms with Crippen LogP contribution in [-0.4, -0.2) is 19.1 Å². The van der Waals surface area contributed by atoms with Gasteiger partial charge in [0.25, 0.3) is 5.91 Å². The summed E-state index contributed by atoms with van der Waals surface area (Å²) >= 11 is 3.35. The maximum absolute atomic E-state index is 12.1. The maximum Gasteiger partial charge on any atom is 0.265 e. The number of hydrogen-bond acceptors (Lipinski definition) is 3. The van der Waals surface area contributed by atoms with Crippen LogP contribution in [0, 0.1) is 0 Å². The molecule has 2 aromatic rings. The molecule has 0 aliphatic rings. The largest absolute Gasteiger partial charge is 0.493 e. The summed E-state index contributed by atoms with van der Waals surface area (Å²) in [6, 6.07) is 14.6. The van der Waals surface area contributed by atoms with Crippen LogP contribution in [0.5, 0.6) is 11.5 Å². The van der Waals surface area contributed by atoms with Gasteiger partial charge in [0.1, 0.15) is 0 Å². The van der Waals surface area contributed by atoms with Crippen LogP contribution in [-0.2, 0) is 4.79 Å². The van der Waals surface area contributed by atoms with E-state index in [2.05, 4.69) is 21.2 Å². The Morgan fingerprint density at radius 1 is 1.10 bits per heavy atom. The third-order valence-corrected chi connectivity index (χ3v) is 3.38. The minimum Gasteiger partial charge on any atom is -0.493 e. The molecule has 0 fully saturated rings. The predicted octanol–water partition coefficient (Wildman–Crippen LogP) is 3.86. The Morgan fingerprint density at radius 3 is 2.33 bits per heavy atom. The number of carbonyl (C=O) groups excluding carboxylic acids is 1. The number of rotatable bonds is 5. The lowest BCUT2D eigenvalue weighted by atomic mass is 10.3. The third-order valence-electron chi connectivity index (χ3n) is 2.85. The second kappa shape index (κ2) is 7.13. The molecule has 0 heterocycles. The highest BCUT2D eigenvalue weighted by atomic mass is 79.9. The van der Waals surface area contributed by atoms with Gasteiger partial charge in [0.05, 0.1) is 7.11 Å². The lowest BCUT2D eigenvalue weighted by Gasteiger charge is -2.16. The van der Waals surface area contributed by atoms with Crippen LogP contribution in [0.2, 0.25) is 0 Å². The molecular formula is C16H16BrNO3. The molecule has 0 unspecified atom stereocenters. The molecule has 4 nitrogen and oxygen atoms in total. The standard InChI is InChI=1S/C16H16BrNO3/c1-11(21-15-6-4-3-5-14(15)20-2)16(19)18-13-9-7-12(17)8-10-13/h3-11H,1-2H3,(H,18,19)/t11-/m0/s1. The first-order chi connectivity index (χ1) is 10.1. The number of hydrogen-bond donors (Lipinski definition) is 1. The van der Waals surface area contributed by atoms with Crippen molar-refractivity contribution in [2.45, 2.75) is 13.0 Å². The zero-order valence-corrected chi connectivity index (χ0v) is 13.4. The van der Waals surface area contributed by atoms with Gasteiger partial charge in [-0.1, -0.05) is 28.1 Å². The minimum absolute atomic E-state index is 0.219. The molecule has 0 radical (unpaired) electrons. The van der Waals surface area contributed by atoms with Crippen LogP contribution in [0.1, 0.15) is 6.92 Å². The summed E-state index contributed by atoms with van der Waals surface area (Å²) in [5.41, 5.74) is 0.721. The lowest BCUT2D eigenvalue weighted by Crippen LogP contribution is -2.30. The molecule has 5 heteroatoms. The number of methoxy groups -OCH3 is 1. The van der Waals surface area contributed by atoms with E-state index in [1.165, 1.54) is 0 Å². The normalized spacial score (nSPS) is 11.6. The summed E-state index contributed by atoms with van der Waals surface area (Å²) < 4.78 is 11.8. The number of ether oxygens (including phenoxy) is 2. The predicted molar refractivity (Wildman–Crippen MR) is 85.9 cm³/mol. The van der Waals surface area contributed by atoms with Crippen molar-refractivity contribution in [2.24, 2.45) is 0 Å². The van der Waals surface area contributed by atoms with Crippen molar-refractivity contribution in [1.29, 1.82) is 0 Å². The Balaban J connectivity index is 2.01. The topological polar surface area (TPSA) is 47.6 Å². The molecule has 0 aliphatic heterocycles. The minimum atomic E-state index is -0.634. The van der Waals surface area contributed by atoms with Gasteiger partial charge in [-0.15, -0.1) is 0 Å². The molecule has 2 aromatic carbocycles. The van der Waals surface area contributed by atoms with E-state index < -0.39 is 6.10 Å². The Kier molecular flexibility index (Phi) is 5.22. The highest BCUT2D eigenvalue weighted by molar-refractivity contribution is 9.10. The van der Waals surface area contributed by atoms with E-state index in [0.717, 1.165) is 10.2 Å².